The molecule has 9 N–H and O–H groups in total. The number of rotatable bonds is 12. The van der Waals surface area contributed by atoms with E-state index in [4.69, 9.17) is 29.8 Å². The molecule has 0 saturated heterocycles. The number of hydrogen-bond acceptors (Lipinski definition) is 22. The predicted molar refractivity (Wildman–Crippen MR) is 306 cm³/mol. The minimum Gasteiger partial charge on any atom is -0.481 e. The Morgan fingerprint density at radius 1 is 0.716 bits per heavy atom. The summed E-state index contributed by atoms with van der Waals surface area (Å²) in [4.78, 5) is 127. The quantitative estimate of drug-likeness (QED) is 0.0600. The van der Waals surface area contributed by atoms with E-state index >= 15 is 0 Å². The van der Waals surface area contributed by atoms with Gasteiger partial charge in [-0.15, -0.1) is 68.0 Å². The summed E-state index contributed by atoms with van der Waals surface area (Å²) in [7, 11) is 2.93. The van der Waals surface area contributed by atoms with Gasteiger partial charge >= 0.3 is 12.0 Å². The molecule has 0 unspecified atom stereocenters. The van der Waals surface area contributed by atoms with E-state index in [0.717, 1.165) is 34.0 Å². The lowest BCUT2D eigenvalue weighted by Crippen LogP contribution is -2.40. The van der Waals surface area contributed by atoms with Gasteiger partial charge in [0.25, 0.3) is 17.7 Å². The number of aliphatic hydroxyl groups is 1. The van der Waals surface area contributed by atoms with Crippen LogP contribution < -0.4 is 37.2 Å². The van der Waals surface area contributed by atoms with Crippen LogP contribution in [0.3, 0.4) is 0 Å². The third-order valence-corrected chi connectivity index (χ3v) is 17.8. The van der Waals surface area contributed by atoms with Gasteiger partial charge in [0, 0.05) is 52.7 Å². The van der Waals surface area contributed by atoms with Crippen LogP contribution in [-0.2, 0) is 25.7 Å². The van der Waals surface area contributed by atoms with Crippen LogP contribution >= 0.6 is 68.0 Å². The topological polar surface area (TPSA) is 344 Å². The number of carboxylic acids is 1. The maximum absolute atomic E-state index is 14.2. The number of ether oxygens (including phenoxy) is 1. The fourth-order valence-corrected chi connectivity index (χ4v) is 13.6. The van der Waals surface area contributed by atoms with E-state index in [1.807, 2.05) is 13.8 Å². The molecular weight excluding hydrogens is 1160 g/mol. The summed E-state index contributed by atoms with van der Waals surface area (Å²) in [6.07, 6.45) is -1.78. The normalized spacial score (nSPS) is 16.4. The summed E-state index contributed by atoms with van der Waals surface area (Å²) in [5, 5.41) is 48.9. The summed E-state index contributed by atoms with van der Waals surface area (Å²) in [5.41, 5.74) is 2.55. The van der Waals surface area contributed by atoms with Crippen molar-refractivity contribution < 1.29 is 48.5 Å². The van der Waals surface area contributed by atoms with Gasteiger partial charge in [-0.2, -0.15) is 0 Å². The Balaban J connectivity index is 1.12. The molecule has 7 aromatic heterocycles. The number of anilines is 1. The number of amides is 7. The van der Waals surface area contributed by atoms with Crippen molar-refractivity contribution in [2.75, 3.05) is 32.6 Å². The average Bonchev–Trinajstić information content (AvgIpc) is 4.33. The number of nitrogens with zero attached hydrogens (tertiary/aromatic N) is 7. The van der Waals surface area contributed by atoms with Gasteiger partial charge in [0.15, 0.2) is 0 Å². The summed E-state index contributed by atoms with van der Waals surface area (Å²) in [6.45, 7) is 4.84. The smallest absolute Gasteiger partial charge is 0.320 e. The van der Waals surface area contributed by atoms with Gasteiger partial charge in [-0.25, -0.2) is 39.7 Å². The first-order valence-corrected chi connectivity index (χ1v) is 29.8. The largest absolute Gasteiger partial charge is 0.481 e. The van der Waals surface area contributed by atoms with Gasteiger partial charge in [-0.3, -0.25) is 34.1 Å². The number of aliphatic carboxylic acids is 1. The summed E-state index contributed by atoms with van der Waals surface area (Å²) in [5.74, 6) is -4.05. The number of methoxy groups -OCH3 is 1. The second-order valence-corrected chi connectivity index (χ2v) is 24.0. The van der Waals surface area contributed by atoms with E-state index in [1.165, 1.54) is 48.2 Å². The molecule has 9 rings (SSSR count). The van der Waals surface area contributed by atoms with Gasteiger partial charge in [0.05, 0.1) is 48.6 Å². The van der Waals surface area contributed by atoms with Crippen LogP contribution in [0.1, 0.15) is 113 Å². The van der Waals surface area contributed by atoms with E-state index in [0.29, 0.717) is 68.7 Å². The standard InChI is InChI=1S/C51H50N14O10S6/c1-22(2)36-50-65-39(31(81-50)17-75-5)43(72)54-16-34(67)62-40(41(70)24-9-7-6-8-10-24)49-59-30(20-78-49)47-57-28(18-77-47)38-25(11-12-26(55-38)46-60-32(21-79-46)61-51(74)53-14-13-35(68)69)45-58-29(19-76-45)42(71)56-27(15-33(66)52-4)48-64-37(23(3)80-48)44(73)63-36/h6-12,18-22,27,36,40-41,70H,13-17H2,1-5H3,(H,52,66)(H,54,72)(H,56,71)(H,62,67)(H,63,73)(H,68,69)(H2,53,61,74)/t27-,36+,40-,41-/m0/s1. The van der Waals surface area contributed by atoms with Gasteiger partial charge < -0.3 is 46.9 Å². The van der Waals surface area contributed by atoms with Gasteiger partial charge in [0.1, 0.15) is 82.2 Å². The zero-order valence-electron chi connectivity index (χ0n) is 43.5. The zero-order chi connectivity index (χ0) is 57.5. The van der Waals surface area contributed by atoms with Gasteiger partial charge in [-0.05, 0) is 30.5 Å². The summed E-state index contributed by atoms with van der Waals surface area (Å²) >= 11 is 7.06. The van der Waals surface area contributed by atoms with E-state index in [1.54, 1.807) is 70.9 Å². The van der Waals surface area contributed by atoms with Gasteiger partial charge in [-0.1, -0.05) is 44.2 Å². The number of aromatic nitrogens is 7. The number of aliphatic hydroxyl groups excluding tert-OH is 1. The molecule has 10 bridgehead atoms. The van der Waals surface area contributed by atoms with E-state index in [2.05, 4.69) is 52.2 Å². The molecule has 4 atom stereocenters. The van der Waals surface area contributed by atoms with Crippen LogP contribution in [0.15, 0.2) is 64.0 Å². The Kier molecular flexibility index (Phi) is 18.4. The maximum Gasteiger partial charge on any atom is 0.320 e. The van der Waals surface area contributed by atoms with Crippen molar-refractivity contribution in [1.29, 1.82) is 0 Å². The number of benzene rings is 1. The number of pyridine rings is 1. The summed E-state index contributed by atoms with van der Waals surface area (Å²) < 4.78 is 5.44. The highest BCUT2D eigenvalue weighted by atomic mass is 32.1. The molecule has 420 valence electrons. The monoisotopic (exact) mass is 1210 g/mol. The number of fused-ring (bicyclic) bond motifs is 14. The Morgan fingerprint density at radius 2 is 1.43 bits per heavy atom. The second-order valence-electron chi connectivity index (χ2n) is 18.2. The molecule has 0 spiro atoms. The molecular formula is C51H50N14O10S6. The molecule has 1 aliphatic heterocycles. The van der Waals surface area contributed by atoms with Crippen molar-refractivity contribution >= 4 is 115 Å². The first kappa shape index (κ1) is 57.8. The molecule has 7 amide bonds. The van der Waals surface area contributed by atoms with Gasteiger partial charge in [0.2, 0.25) is 11.8 Å². The molecule has 0 fully saturated rings. The molecule has 0 saturated carbocycles. The minimum atomic E-state index is -1.28. The van der Waals surface area contributed by atoms with Crippen molar-refractivity contribution in [3.05, 3.63) is 111 Å². The highest BCUT2D eigenvalue weighted by molar-refractivity contribution is 7.15. The Bertz CT molecular complexity index is 3650. The molecule has 8 heterocycles. The van der Waals surface area contributed by atoms with Crippen LogP contribution in [-0.4, -0.2) is 114 Å². The molecule has 81 heavy (non-hydrogen) atoms. The van der Waals surface area contributed by atoms with E-state index < -0.39 is 72.3 Å². The Hall–Kier alpha value is -7.84. The lowest BCUT2D eigenvalue weighted by atomic mass is 10.0. The van der Waals surface area contributed by atoms with E-state index in [9.17, 15) is 38.7 Å². The molecule has 0 aliphatic carbocycles. The number of thiazole rings is 6. The number of carboxylic acid groups (broad SMARTS) is 1. The first-order valence-electron chi connectivity index (χ1n) is 24.7. The SMILES string of the molecule is CNC(=O)C[C@@H]1NC(=O)c2csc(n2)-c2ccc(-c3nc(NC(=O)NCCC(=O)O)cs3)nc2-c2csc(n2)-c2csc(n2)[C@H]([C@@H](O)c2ccccc2)NC(=O)CNC(=O)c2nc(sc2COC)[C@@H](C(C)C)NC(=O)c2nc1sc2C. The fraction of sp³-hybridized carbons (Fsp3) is 0.294. The number of nitrogens with one attached hydrogen (secondary N) is 7. The first-order chi connectivity index (χ1) is 39.0. The van der Waals surface area contributed by atoms with Crippen LogP contribution in [0.5, 0.6) is 0 Å². The average molecular weight is 1210 g/mol. The molecule has 30 heteroatoms. The Labute approximate surface area is 485 Å². The van der Waals surface area contributed by atoms with E-state index in [-0.39, 0.29) is 59.8 Å². The fourth-order valence-electron chi connectivity index (χ4n) is 8.08. The van der Waals surface area contributed by atoms with Crippen molar-refractivity contribution in [2.45, 2.75) is 64.4 Å². The van der Waals surface area contributed by atoms with Crippen LogP contribution in [0.25, 0.3) is 43.4 Å². The van der Waals surface area contributed by atoms with Crippen LogP contribution in [0.4, 0.5) is 10.6 Å². The number of carbonyl (C=O) groups excluding carboxylic acids is 6. The summed E-state index contributed by atoms with van der Waals surface area (Å²) in [6, 6.07) is 8.72. The predicted octanol–water partition coefficient (Wildman–Crippen LogP) is 6.91. The Morgan fingerprint density at radius 3 is 2.19 bits per heavy atom. The van der Waals surface area contributed by atoms with Crippen molar-refractivity contribution in [2.24, 2.45) is 5.92 Å². The number of aryl methyl sites for hydroxylation is 1. The lowest BCUT2D eigenvalue weighted by molar-refractivity contribution is -0.136. The van der Waals surface area contributed by atoms with Crippen molar-refractivity contribution in [3.63, 3.8) is 0 Å². The molecule has 8 aromatic rings. The van der Waals surface area contributed by atoms with Crippen molar-refractivity contribution in [3.8, 4) is 43.4 Å². The third kappa shape index (κ3) is 13.7. The molecule has 0 radical (unpaired) electrons. The van der Waals surface area contributed by atoms with Crippen molar-refractivity contribution in [1.82, 2.24) is 66.8 Å². The van der Waals surface area contributed by atoms with Crippen LogP contribution in [0.2, 0.25) is 0 Å². The minimum absolute atomic E-state index is 0.00249. The number of carbonyl (C=O) groups is 7. The molecule has 1 aromatic carbocycles. The highest BCUT2D eigenvalue weighted by Crippen LogP contribution is 2.40. The number of urea groups is 1. The maximum atomic E-state index is 14.2. The lowest BCUT2D eigenvalue weighted by Gasteiger charge is -2.23. The molecule has 1 aliphatic rings. The number of hydrogen-bond donors (Lipinski definition) is 9. The second kappa shape index (κ2) is 25.7. The molecule has 24 nitrogen and oxygen atoms in total. The van der Waals surface area contributed by atoms with Crippen LogP contribution in [0, 0.1) is 12.8 Å². The third-order valence-electron chi connectivity index (χ3n) is 12.1. The highest BCUT2D eigenvalue weighted by Gasteiger charge is 2.33. The zero-order valence-corrected chi connectivity index (χ0v) is 48.4.